The predicted octanol–water partition coefficient (Wildman–Crippen LogP) is 8.08. The number of unbranched alkanes of at least 4 members (excludes halogenated alkanes) is 10. The fourth-order valence-electron chi connectivity index (χ4n) is 4.05. The summed E-state index contributed by atoms with van der Waals surface area (Å²) in [6.45, 7) is 16.4. The standard InChI is InChI=1S/C24H52O2Si/c1-23(2)22-27(5,6)21-17-15-13-11-9-7-8-10-12-14-16-18-25-19-20-26-24(3)4/h23-24H,7-22H2,1-6H3. The van der Waals surface area contributed by atoms with Crippen LogP contribution in [0.3, 0.4) is 0 Å². The van der Waals surface area contributed by atoms with Crippen LogP contribution in [-0.4, -0.2) is 34.0 Å². The summed E-state index contributed by atoms with van der Waals surface area (Å²) >= 11 is 0. The largest absolute Gasteiger partial charge is 0.379 e. The summed E-state index contributed by atoms with van der Waals surface area (Å²) in [7, 11) is -0.893. The van der Waals surface area contributed by atoms with Gasteiger partial charge in [0.15, 0.2) is 0 Å². The highest BCUT2D eigenvalue weighted by Crippen LogP contribution is 2.24. The van der Waals surface area contributed by atoms with E-state index in [9.17, 15) is 0 Å². The molecule has 0 atom stereocenters. The van der Waals surface area contributed by atoms with Gasteiger partial charge in [0.2, 0.25) is 0 Å². The van der Waals surface area contributed by atoms with Crippen LogP contribution in [0, 0.1) is 5.92 Å². The first-order valence-corrected chi connectivity index (χ1v) is 15.4. The Morgan fingerprint density at radius 3 is 1.56 bits per heavy atom. The Kier molecular flexibility index (Phi) is 18.3. The molecule has 0 fully saturated rings. The van der Waals surface area contributed by atoms with Crippen molar-refractivity contribution >= 4 is 8.07 Å². The summed E-state index contributed by atoms with van der Waals surface area (Å²) in [6, 6.07) is 3.05. The third kappa shape index (κ3) is 22.3. The third-order valence-electron chi connectivity index (χ3n) is 5.28. The van der Waals surface area contributed by atoms with Crippen molar-refractivity contribution in [2.45, 2.75) is 130 Å². The lowest BCUT2D eigenvalue weighted by Gasteiger charge is -2.24. The maximum atomic E-state index is 5.59. The van der Waals surface area contributed by atoms with Crippen LogP contribution in [0.1, 0.15) is 98.3 Å². The smallest absolute Gasteiger partial charge is 0.0703 e. The zero-order valence-corrected chi connectivity index (χ0v) is 20.8. The molecule has 0 radical (unpaired) electrons. The van der Waals surface area contributed by atoms with E-state index in [1.54, 1.807) is 6.04 Å². The van der Waals surface area contributed by atoms with Gasteiger partial charge in [0.05, 0.1) is 19.3 Å². The summed E-state index contributed by atoms with van der Waals surface area (Å²) in [4.78, 5) is 0. The molecule has 0 aliphatic rings. The molecule has 0 rings (SSSR count). The van der Waals surface area contributed by atoms with E-state index in [1.165, 1.54) is 76.7 Å². The fraction of sp³-hybridized carbons (Fsp3) is 1.00. The molecule has 0 aliphatic carbocycles. The van der Waals surface area contributed by atoms with Gasteiger partial charge in [-0.15, -0.1) is 0 Å². The van der Waals surface area contributed by atoms with Gasteiger partial charge in [-0.3, -0.25) is 0 Å². The second-order valence-electron chi connectivity index (χ2n) is 9.93. The highest BCUT2D eigenvalue weighted by atomic mass is 28.3. The summed E-state index contributed by atoms with van der Waals surface area (Å²) in [5.74, 6) is 0.892. The summed E-state index contributed by atoms with van der Waals surface area (Å²) in [5, 5.41) is 0. The van der Waals surface area contributed by atoms with E-state index in [0.717, 1.165) is 25.7 Å². The highest BCUT2D eigenvalue weighted by molar-refractivity contribution is 6.77. The van der Waals surface area contributed by atoms with E-state index in [4.69, 9.17) is 9.47 Å². The van der Waals surface area contributed by atoms with E-state index in [2.05, 4.69) is 40.8 Å². The first-order valence-electron chi connectivity index (χ1n) is 12.0. The summed E-state index contributed by atoms with van der Waals surface area (Å²) in [6.07, 6.45) is 15.8. The van der Waals surface area contributed by atoms with E-state index in [1.807, 2.05) is 0 Å². The number of hydrogen-bond acceptors (Lipinski definition) is 2. The first kappa shape index (κ1) is 27.1. The van der Waals surface area contributed by atoms with Crippen LogP contribution in [0.15, 0.2) is 0 Å². The Morgan fingerprint density at radius 2 is 1.07 bits per heavy atom. The third-order valence-corrected chi connectivity index (χ3v) is 8.91. The van der Waals surface area contributed by atoms with Crippen LogP contribution in [0.5, 0.6) is 0 Å². The molecule has 0 saturated carbocycles. The normalized spacial score (nSPS) is 12.4. The highest BCUT2D eigenvalue weighted by Gasteiger charge is 2.20. The average Bonchev–Trinajstić information content (AvgIpc) is 2.56. The molecule has 0 aromatic carbocycles. The van der Waals surface area contributed by atoms with Crippen LogP contribution in [0.2, 0.25) is 25.2 Å². The van der Waals surface area contributed by atoms with Gasteiger partial charge >= 0.3 is 0 Å². The molecule has 0 aromatic rings. The maximum absolute atomic E-state index is 5.59. The second kappa shape index (κ2) is 18.2. The minimum atomic E-state index is -0.893. The van der Waals surface area contributed by atoms with Crippen LogP contribution in [0.25, 0.3) is 0 Å². The Morgan fingerprint density at radius 1 is 0.593 bits per heavy atom. The lowest BCUT2D eigenvalue weighted by Crippen LogP contribution is -2.26. The molecule has 27 heavy (non-hydrogen) atoms. The Balaban J connectivity index is 3.17. The Hall–Kier alpha value is 0.137. The number of rotatable bonds is 20. The van der Waals surface area contributed by atoms with Gasteiger partial charge in [0, 0.05) is 14.7 Å². The molecule has 3 heteroatoms. The van der Waals surface area contributed by atoms with Crippen molar-refractivity contribution in [1.82, 2.24) is 0 Å². The molecule has 0 heterocycles. The van der Waals surface area contributed by atoms with Gasteiger partial charge in [0.25, 0.3) is 0 Å². The zero-order chi connectivity index (χ0) is 20.4. The number of hydrogen-bond donors (Lipinski definition) is 0. The van der Waals surface area contributed by atoms with Gasteiger partial charge in [-0.25, -0.2) is 0 Å². The van der Waals surface area contributed by atoms with Crippen LogP contribution >= 0.6 is 0 Å². The molecule has 164 valence electrons. The lowest BCUT2D eigenvalue weighted by molar-refractivity contribution is 0.0186. The fourth-order valence-corrected chi connectivity index (χ4v) is 7.67. The van der Waals surface area contributed by atoms with E-state index in [-0.39, 0.29) is 0 Å². The SMILES string of the molecule is CC(C)C[Si](C)(C)CCCCCCCCCCCCCOCCOC(C)C. The van der Waals surface area contributed by atoms with Crippen molar-refractivity contribution in [1.29, 1.82) is 0 Å². The van der Waals surface area contributed by atoms with Crippen molar-refractivity contribution < 1.29 is 9.47 Å². The minimum Gasteiger partial charge on any atom is -0.379 e. The van der Waals surface area contributed by atoms with Crippen molar-refractivity contribution in [3.05, 3.63) is 0 Å². The van der Waals surface area contributed by atoms with Gasteiger partial charge < -0.3 is 9.47 Å². The second-order valence-corrected chi connectivity index (χ2v) is 15.2. The molecule has 0 N–H and O–H groups in total. The quantitative estimate of drug-likeness (QED) is 0.152. The van der Waals surface area contributed by atoms with E-state index in [0.29, 0.717) is 6.10 Å². The molecule has 0 aliphatic heterocycles. The van der Waals surface area contributed by atoms with Crippen molar-refractivity contribution in [3.8, 4) is 0 Å². The lowest BCUT2D eigenvalue weighted by atomic mass is 10.1. The van der Waals surface area contributed by atoms with E-state index < -0.39 is 8.07 Å². The van der Waals surface area contributed by atoms with Crippen LogP contribution in [-0.2, 0) is 9.47 Å². The van der Waals surface area contributed by atoms with Crippen molar-refractivity contribution in [2.24, 2.45) is 5.92 Å². The molecule has 0 spiro atoms. The van der Waals surface area contributed by atoms with E-state index >= 15 is 0 Å². The van der Waals surface area contributed by atoms with Crippen molar-refractivity contribution in [2.75, 3.05) is 19.8 Å². The molecule has 0 aromatic heterocycles. The minimum absolute atomic E-state index is 0.317. The van der Waals surface area contributed by atoms with Crippen LogP contribution < -0.4 is 0 Å². The first-order chi connectivity index (χ1) is 12.8. The van der Waals surface area contributed by atoms with Crippen LogP contribution in [0.4, 0.5) is 0 Å². The van der Waals surface area contributed by atoms with Gasteiger partial charge in [-0.1, -0.05) is 103 Å². The summed E-state index contributed by atoms with van der Waals surface area (Å²) in [5.41, 5.74) is 0. The Bertz CT molecular complexity index is 303. The predicted molar refractivity (Wildman–Crippen MR) is 125 cm³/mol. The molecular weight excluding hydrogens is 348 g/mol. The zero-order valence-electron chi connectivity index (χ0n) is 19.8. The van der Waals surface area contributed by atoms with Crippen molar-refractivity contribution in [3.63, 3.8) is 0 Å². The average molecular weight is 401 g/mol. The molecular formula is C24H52O2Si. The van der Waals surface area contributed by atoms with Gasteiger partial charge in [-0.2, -0.15) is 0 Å². The topological polar surface area (TPSA) is 18.5 Å². The maximum Gasteiger partial charge on any atom is 0.0703 e. The molecule has 2 nitrogen and oxygen atoms in total. The molecule has 0 amide bonds. The monoisotopic (exact) mass is 400 g/mol. The number of ether oxygens (including phenoxy) is 2. The molecule has 0 saturated heterocycles. The van der Waals surface area contributed by atoms with Gasteiger partial charge in [0.1, 0.15) is 0 Å². The molecule has 0 bridgehead atoms. The van der Waals surface area contributed by atoms with Gasteiger partial charge in [-0.05, 0) is 26.2 Å². The summed E-state index contributed by atoms with van der Waals surface area (Å²) < 4.78 is 11.1. The Labute approximate surface area is 173 Å². The molecule has 0 unspecified atom stereocenters.